The van der Waals surface area contributed by atoms with Gasteiger partial charge in [-0.15, -0.1) is 0 Å². The fourth-order valence-electron chi connectivity index (χ4n) is 6.37. The zero-order valence-corrected chi connectivity index (χ0v) is 20.8. The molecule has 3 fully saturated rings. The first-order chi connectivity index (χ1) is 17.0. The molecule has 0 bridgehead atoms. The van der Waals surface area contributed by atoms with Crippen LogP contribution in [-0.2, 0) is 4.79 Å². The lowest BCUT2D eigenvalue weighted by Gasteiger charge is -2.48. The van der Waals surface area contributed by atoms with Crippen molar-refractivity contribution in [3.05, 3.63) is 30.1 Å². The lowest BCUT2D eigenvalue weighted by atomic mass is 9.91. The molecule has 2 atom stereocenters. The van der Waals surface area contributed by atoms with Crippen LogP contribution in [0, 0.1) is 11.8 Å². The van der Waals surface area contributed by atoms with E-state index in [1.807, 2.05) is 24.6 Å². The zero-order chi connectivity index (χ0) is 24.0. The summed E-state index contributed by atoms with van der Waals surface area (Å²) in [6.07, 6.45) is 10.4. The standard InChI is InChI=1S/C26H36N8O/c1-18(2)16-32-9-11-33(12-10-32)20-5-6-22(27-15-20)30-25-28-14-19-13-21-24(35)29-17-26(7-3-4-8-26)34(21)23(19)31-25/h5-6,13-15,18-19,23H,3-4,7-12,16-17H2,1-2H3,(H,29,35)(H,27,30,31). The number of carbonyl (C=O) groups excluding carboxylic acids is 1. The fraction of sp³-hybridized carbons (Fsp3) is 0.615. The number of carbonyl (C=O) groups is 1. The van der Waals surface area contributed by atoms with Crippen molar-refractivity contribution >= 4 is 29.6 Å². The number of guanidine groups is 1. The number of pyridine rings is 1. The number of rotatable bonds is 4. The summed E-state index contributed by atoms with van der Waals surface area (Å²) in [7, 11) is 0. The van der Waals surface area contributed by atoms with Gasteiger partial charge in [0.25, 0.3) is 5.91 Å². The van der Waals surface area contributed by atoms with E-state index in [0.717, 1.165) is 56.2 Å². The van der Waals surface area contributed by atoms with Crippen LogP contribution in [0.2, 0.25) is 0 Å². The van der Waals surface area contributed by atoms with Gasteiger partial charge >= 0.3 is 0 Å². The van der Waals surface area contributed by atoms with Crippen molar-refractivity contribution in [3.8, 4) is 0 Å². The summed E-state index contributed by atoms with van der Waals surface area (Å²) < 4.78 is 0. The SMILES string of the molecule is CC(C)CN1CCN(c2ccc(NC3=NC4C(C=N3)C=C3C(=O)NCC5(CCCC5)N34)nc2)CC1. The lowest BCUT2D eigenvalue weighted by molar-refractivity contribution is -0.123. The van der Waals surface area contributed by atoms with Crippen LogP contribution in [0.5, 0.6) is 0 Å². The van der Waals surface area contributed by atoms with Gasteiger partial charge < -0.3 is 20.4 Å². The van der Waals surface area contributed by atoms with E-state index in [4.69, 9.17) is 4.99 Å². The van der Waals surface area contributed by atoms with Crippen LogP contribution in [0.3, 0.4) is 0 Å². The number of amides is 1. The largest absolute Gasteiger partial charge is 0.368 e. The van der Waals surface area contributed by atoms with Gasteiger partial charge in [-0.25, -0.2) is 15.0 Å². The smallest absolute Gasteiger partial charge is 0.267 e. The van der Waals surface area contributed by atoms with Crippen LogP contribution in [0.15, 0.2) is 40.1 Å². The Morgan fingerprint density at radius 2 is 1.97 bits per heavy atom. The molecule has 2 saturated heterocycles. The summed E-state index contributed by atoms with van der Waals surface area (Å²) in [4.78, 5) is 34.0. The molecule has 5 aliphatic rings. The Morgan fingerprint density at radius 1 is 1.17 bits per heavy atom. The third-order valence-electron chi connectivity index (χ3n) is 8.05. The highest BCUT2D eigenvalue weighted by Gasteiger charge is 2.53. The van der Waals surface area contributed by atoms with E-state index >= 15 is 0 Å². The van der Waals surface area contributed by atoms with Gasteiger partial charge in [0.05, 0.1) is 23.3 Å². The Kier molecular flexibility index (Phi) is 5.75. The third-order valence-corrected chi connectivity index (χ3v) is 8.05. The van der Waals surface area contributed by atoms with E-state index in [-0.39, 0.29) is 23.5 Å². The summed E-state index contributed by atoms with van der Waals surface area (Å²) in [5, 5.41) is 6.42. The molecule has 1 saturated carbocycles. The van der Waals surface area contributed by atoms with Crippen molar-refractivity contribution in [1.82, 2.24) is 20.1 Å². The molecule has 2 N–H and O–H groups in total. The molecule has 0 radical (unpaired) electrons. The zero-order valence-electron chi connectivity index (χ0n) is 20.8. The quantitative estimate of drug-likeness (QED) is 0.693. The molecule has 35 heavy (non-hydrogen) atoms. The van der Waals surface area contributed by atoms with E-state index in [9.17, 15) is 4.79 Å². The van der Waals surface area contributed by atoms with Crippen molar-refractivity contribution < 1.29 is 4.79 Å². The third kappa shape index (κ3) is 4.20. The summed E-state index contributed by atoms with van der Waals surface area (Å²) in [6.45, 7) is 10.7. The average Bonchev–Trinajstić information content (AvgIpc) is 3.48. The summed E-state index contributed by atoms with van der Waals surface area (Å²) in [6, 6.07) is 4.13. The van der Waals surface area contributed by atoms with Crippen LogP contribution in [-0.4, -0.2) is 83.8 Å². The Balaban J connectivity index is 1.13. The molecule has 9 nitrogen and oxygen atoms in total. The Hall–Kier alpha value is -2.94. The Morgan fingerprint density at radius 3 is 2.69 bits per heavy atom. The van der Waals surface area contributed by atoms with Crippen molar-refractivity contribution in [3.63, 3.8) is 0 Å². The second-order valence-corrected chi connectivity index (χ2v) is 11.0. The molecule has 0 aromatic carbocycles. The molecule has 9 heteroatoms. The molecule has 1 aromatic heterocycles. The number of aliphatic imine (C=N–C) groups is 2. The minimum Gasteiger partial charge on any atom is -0.368 e. The van der Waals surface area contributed by atoms with Crippen LogP contribution in [0.1, 0.15) is 39.5 Å². The highest BCUT2D eigenvalue weighted by molar-refractivity contribution is 6.01. The van der Waals surface area contributed by atoms with Crippen LogP contribution < -0.4 is 15.5 Å². The number of fused-ring (bicyclic) bond motifs is 4. The summed E-state index contributed by atoms with van der Waals surface area (Å²) in [5.74, 6) is 2.04. The van der Waals surface area contributed by atoms with Gasteiger partial charge in [-0.3, -0.25) is 9.69 Å². The van der Waals surface area contributed by atoms with Crippen LogP contribution in [0.4, 0.5) is 11.5 Å². The Labute approximate surface area is 207 Å². The lowest BCUT2D eigenvalue weighted by Crippen LogP contribution is -2.62. The maximum atomic E-state index is 12.6. The maximum Gasteiger partial charge on any atom is 0.267 e. The second kappa shape index (κ2) is 8.93. The molecule has 4 aliphatic heterocycles. The van der Waals surface area contributed by atoms with Gasteiger partial charge in [0.1, 0.15) is 17.7 Å². The van der Waals surface area contributed by atoms with Crippen LogP contribution >= 0.6 is 0 Å². The normalized spacial score (nSPS) is 27.6. The van der Waals surface area contributed by atoms with Crippen molar-refractivity contribution in [1.29, 1.82) is 0 Å². The number of nitrogens with zero attached hydrogens (tertiary/aromatic N) is 6. The summed E-state index contributed by atoms with van der Waals surface area (Å²) in [5.41, 5.74) is 1.90. The van der Waals surface area contributed by atoms with Gasteiger partial charge in [0, 0.05) is 45.5 Å². The number of hydrogen-bond donors (Lipinski definition) is 2. The van der Waals surface area contributed by atoms with Crippen LogP contribution in [0.25, 0.3) is 0 Å². The molecule has 186 valence electrons. The number of hydrogen-bond acceptors (Lipinski definition) is 8. The molecular formula is C26H36N8O. The number of nitrogens with one attached hydrogen (secondary N) is 2. The highest BCUT2D eigenvalue weighted by atomic mass is 16.2. The predicted octanol–water partition coefficient (Wildman–Crippen LogP) is 2.30. The monoisotopic (exact) mass is 476 g/mol. The first kappa shape index (κ1) is 22.5. The topological polar surface area (TPSA) is 88.5 Å². The van der Waals surface area contributed by atoms with Crippen molar-refractivity contribution in [2.24, 2.45) is 21.8 Å². The minimum absolute atomic E-state index is 0.0114. The molecular weight excluding hydrogens is 440 g/mol. The first-order valence-electron chi connectivity index (χ1n) is 13.1. The molecule has 2 unspecified atom stereocenters. The van der Waals surface area contributed by atoms with Gasteiger partial charge in [-0.2, -0.15) is 0 Å². The van der Waals surface area contributed by atoms with Gasteiger partial charge in [0.15, 0.2) is 0 Å². The minimum atomic E-state index is -0.115. The predicted molar refractivity (Wildman–Crippen MR) is 139 cm³/mol. The molecule has 1 aliphatic carbocycles. The number of anilines is 2. The number of aromatic nitrogens is 1. The van der Waals surface area contributed by atoms with E-state index in [0.29, 0.717) is 18.4 Å². The second-order valence-electron chi connectivity index (χ2n) is 11.0. The molecule has 1 spiro atoms. The molecule has 5 heterocycles. The average molecular weight is 477 g/mol. The summed E-state index contributed by atoms with van der Waals surface area (Å²) >= 11 is 0. The molecule has 6 rings (SSSR count). The first-order valence-corrected chi connectivity index (χ1v) is 13.1. The molecule has 1 amide bonds. The highest BCUT2D eigenvalue weighted by Crippen LogP contribution is 2.45. The Bertz CT molecular complexity index is 1050. The van der Waals surface area contributed by atoms with E-state index in [1.54, 1.807) is 0 Å². The maximum absolute atomic E-state index is 12.6. The van der Waals surface area contributed by atoms with Gasteiger partial charge in [-0.1, -0.05) is 26.7 Å². The van der Waals surface area contributed by atoms with Gasteiger partial charge in [0.2, 0.25) is 5.96 Å². The molecule has 1 aromatic rings. The van der Waals surface area contributed by atoms with Gasteiger partial charge in [-0.05, 0) is 37.0 Å². The van der Waals surface area contributed by atoms with Crippen molar-refractivity contribution in [2.45, 2.75) is 51.2 Å². The van der Waals surface area contributed by atoms with Crippen molar-refractivity contribution in [2.75, 3.05) is 49.5 Å². The van der Waals surface area contributed by atoms with E-state index in [2.05, 4.69) is 55.2 Å². The number of piperazine rings is 2. The van der Waals surface area contributed by atoms with E-state index in [1.165, 1.54) is 19.4 Å². The van der Waals surface area contributed by atoms with E-state index < -0.39 is 0 Å². The fourth-order valence-corrected chi connectivity index (χ4v) is 6.37.